The maximum atomic E-state index is 11.3. The summed E-state index contributed by atoms with van der Waals surface area (Å²) in [7, 11) is 1.54. The number of aliphatic carboxylic acids is 1. The van der Waals surface area contributed by atoms with Crippen LogP contribution in [0.3, 0.4) is 0 Å². The van der Waals surface area contributed by atoms with Crippen LogP contribution in [0.25, 0.3) is 0 Å². The zero-order valence-electron chi connectivity index (χ0n) is 10.4. The zero-order valence-corrected chi connectivity index (χ0v) is 10.4. The molecule has 1 heterocycles. The number of hydrogen-bond donors (Lipinski definition) is 2. The lowest BCUT2D eigenvalue weighted by Gasteiger charge is -2.19. The second kappa shape index (κ2) is 5.82. The van der Waals surface area contributed by atoms with Crippen LogP contribution < -0.4 is 10.1 Å². The Morgan fingerprint density at radius 3 is 2.72 bits per heavy atom. The molecular formula is C13H18N2O3. The summed E-state index contributed by atoms with van der Waals surface area (Å²) in [5, 5.41) is 12.5. The van der Waals surface area contributed by atoms with E-state index >= 15 is 0 Å². The van der Waals surface area contributed by atoms with E-state index in [1.54, 1.807) is 18.3 Å². The number of nitrogens with zero attached hydrogens (tertiary/aromatic N) is 1. The van der Waals surface area contributed by atoms with Crippen molar-refractivity contribution in [3.63, 3.8) is 0 Å². The molecule has 1 aromatic heterocycles. The van der Waals surface area contributed by atoms with Crippen LogP contribution in [0, 0.1) is 0 Å². The van der Waals surface area contributed by atoms with Gasteiger partial charge >= 0.3 is 5.97 Å². The third kappa shape index (κ3) is 2.98. The van der Waals surface area contributed by atoms with Gasteiger partial charge in [0.05, 0.1) is 7.11 Å². The van der Waals surface area contributed by atoms with E-state index < -0.39 is 12.0 Å². The summed E-state index contributed by atoms with van der Waals surface area (Å²) in [5.74, 6) is -0.377. The van der Waals surface area contributed by atoms with Gasteiger partial charge in [-0.05, 0) is 24.5 Å². The Kier molecular flexibility index (Phi) is 4.15. The fraction of sp³-hybridized carbons (Fsp3) is 0.538. The van der Waals surface area contributed by atoms with Gasteiger partial charge in [0.2, 0.25) is 5.88 Å². The quantitative estimate of drug-likeness (QED) is 0.833. The average molecular weight is 250 g/mol. The molecule has 5 nitrogen and oxygen atoms in total. The van der Waals surface area contributed by atoms with Crippen molar-refractivity contribution in [2.75, 3.05) is 7.11 Å². The van der Waals surface area contributed by atoms with Crippen LogP contribution in [0.5, 0.6) is 5.88 Å². The van der Waals surface area contributed by atoms with Crippen molar-refractivity contribution >= 4 is 5.97 Å². The number of carbonyl (C=O) groups is 1. The third-order valence-corrected chi connectivity index (χ3v) is 3.31. The summed E-state index contributed by atoms with van der Waals surface area (Å²) in [5.41, 5.74) is 0.662. The van der Waals surface area contributed by atoms with Gasteiger partial charge in [-0.25, -0.2) is 4.98 Å². The van der Waals surface area contributed by atoms with Crippen LogP contribution in [-0.2, 0) is 4.79 Å². The van der Waals surface area contributed by atoms with Gasteiger partial charge in [-0.1, -0.05) is 12.8 Å². The molecule has 0 aliphatic heterocycles. The maximum absolute atomic E-state index is 11.3. The minimum atomic E-state index is -0.867. The molecule has 0 bridgehead atoms. The number of hydrogen-bond acceptors (Lipinski definition) is 4. The van der Waals surface area contributed by atoms with E-state index in [-0.39, 0.29) is 0 Å². The molecule has 2 N–H and O–H groups in total. The van der Waals surface area contributed by atoms with Gasteiger partial charge in [-0.2, -0.15) is 0 Å². The Balaban J connectivity index is 2.10. The van der Waals surface area contributed by atoms with Crippen molar-refractivity contribution in [3.05, 3.63) is 23.9 Å². The number of carboxylic acid groups (broad SMARTS) is 1. The molecule has 98 valence electrons. The normalized spacial score (nSPS) is 17.6. The molecule has 1 aliphatic carbocycles. The van der Waals surface area contributed by atoms with Crippen LogP contribution in [0.15, 0.2) is 18.3 Å². The topological polar surface area (TPSA) is 71.5 Å². The molecule has 1 aromatic rings. The Morgan fingerprint density at radius 1 is 1.50 bits per heavy atom. The largest absolute Gasteiger partial charge is 0.481 e. The fourth-order valence-electron chi connectivity index (χ4n) is 2.32. The fourth-order valence-corrected chi connectivity index (χ4v) is 2.32. The maximum Gasteiger partial charge on any atom is 0.325 e. The molecule has 1 aliphatic rings. The van der Waals surface area contributed by atoms with E-state index in [0.717, 1.165) is 12.8 Å². The van der Waals surface area contributed by atoms with E-state index in [1.165, 1.54) is 20.0 Å². The van der Waals surface area contributed by atoms with Crippen LogP contribution in [0.1, 0.15) is 37.3 Å². The number of pyridine rings is 1. The van der Waals surface area contributed by atoms with Crippen molar-refractivity contribution in [1.29, 1.82) is 0 Å². The van der Waals surface area contributed by atoms with Crippen LogP contribution in [0.4, 0.5) is 0 Å². The first-order valence-corrected chi connectivity index (χ1v) is 6.19. The molecule has 0 saturated heterocycles. The first-order chi connectivity index (χ1) is 8.70. The Morgan fingerprint density at radius 2 is 2.22 bits per heavy atom. The molecule has 1 saturated carbocycles. The molecule has 0 radical (unpaired) electrons. The van der Waals surface area contributed by atoms with Gasteiger partial charge in [0.15, 0.2) is 0 Å². The van der Waals surface area contributed by atoms with Gasteiger partial charge in [0, 0.05) is 18.3 Å². The average Bonchev–Trinajstić information content (AvgIpc) is 2.89. The summed E-state index contributed by atoms with van der Waals surface area (Å²) in [6, 6.07) is 3.04. The molecule has 1 atom stereocenters. The highest BCUT2D eigenvalue weighted by Gasteiger charge is 2.25. The molecular weight excluding hydrogens is 232 g/mol. The van der Waals surface area contributed by atoms with Crippen LogP contribution in [0.2, 0.25) is 0 Å². The van der Waals surface area contributed by atoms with Crippen molar-refractivity contribution < 1.29 is 14.6 Å². The molecule has 1 fully saturated rings. The highest BCUT2D eigenvalue weighted by molar-refractivity contribution is 5.75. The molecule has 0 aromatic carbocycles. The number of ether oxygens (including phenoxy) is 1. The first kappa shape index (κ1) is 12.8. The van der Waals surface area contributed by atoms with E-state index in [2.05, 4.69) is 10.3 Å². The summed E-state index contributed by atoms with van der Waals surface area (Å²) >= 11 is 0. The predicted octanol–water partition coefficient (Wildman–Crippen LogP) is 1.75. The lowest BCUT2D eigenvalue weighted by Crippen LogP contribution is -2.35. The van der Waals surface area contributed by atoms with Crippen molar-refractivity contribution in [2.24, 2.45) is 0 Å². The monoisotopic (exact) mass is 250 g/mol. The standard InChI is InChI=1S/C13H18N2O3/c1-18-11-7-6-9(8-14-11)12(13(16)17)15-10-4-2-3-5-10/h6-8,10,12,15H,2-5H2,1H3,(H,16,17). The van der Waals surface area contributed by atoms with E-state index in [9.17, 15) is 9.90 Å². The molecule has 1 unspecified atom stereocenters. The third-order valence-electron chi connectivity index (χ3n) is 3.31. The number of nitrogens with one attached hydrogen (secondary N) is 1. The highest BCUT2D eigenvalue weighted by atomic mass is 16.5. The minimum Gasteiger partial charge on any atom is -0.481 e. The van der Waals surface area contributed by atoms with Gasteiger partial charge in [-0.15, -0.1) is 0 Å². The van der Waals surface area contributed by atoms with Gasteiger partial charge in [-0.3, -0.25) is 10.1 Å². The van der Waals surface area contributed by atoms with Gasteiger partial charge < -0.3 is 9.84 Å². The summed E-state index contributed by atoms with van der Waals surface area (Å²) in [4.78, 5) is 15.4. The first-order valence-electron chi connectivity index (χ1n) is 6.19. The zero-order chi connectivity index (χ0) is 13.0. The number of carboxylic acids is 1. The summed E-state index contributed by atoms with van der Waals surface area (Å²) < 4.78 is 4.96. The lowest BCUT2D eigenvalue weighted by atomic mass is 10.1. The molecule has 5 heteroatoms. The smallest absolute Gasteiger partial charge is 0.325 e. The lowest BCUT2D eigenvalue weighted by molar-refractivity contribution is -0.139. The SMILES string of the molecule is COc1ccc(C(NC2CCCC2)C(=O)O)cn1. The molecule has 18 heavy (non-hydrogen) atoms. The van der Waals surface area contributed by atoms with Gasteiger partial charge in [0.25, 0.3) is 0 Å². The van der Waals surface area contributed by atoms with Gasteiger partial charge in [0.1, 0.15) is 6.04 Å². The number of rotatable bonds is 5. The van der Waals surface area contributed by atoms with E-state index in [4.69, 9.17) is 4.74 Å². The van der Waals surface area contributed by atoms with Crippen LogP contribution in [-0.4, -0.2) is 29.2 Å². The Bertz CT molecular complexity index is 399. The summed E-state index contributed by atoms with van der Waals surface area (Å²) in [6.07, 6.45) is 6.00. The summed E-state index contributed by atoms with van der Waals surface area (Å²) in [6.45, 7) is 0. The molecule has 2 rings (SSSR count). The van der Waals surface area contributed by atoms with Crippen molar-refractivity contribution in [3.8, 4) is 5.88 Å². The van der Waals surface area contributed by atoms with Crippen molar-refractivity contribution in [2.45, 2.75) is 37.8 Å². The van der Waals surface area contributed by atoms with E-state index in [1.807, 2.05) is 0 Å². The highest BCUT2D eigenvalue weighted by Crippen LogP contribution is 2.22. The Hall–Kier alpha value is -1.62. The van der Waals surface area contributed by atoms with Crippen molar-refractivity contribution in [1.82, 2.24) is 10.3 Å². The minimum absolute atomic E-state index is 0.299. The predicted molar refractivity (Wildman–Crippen MR) is 66.6 cm³/mol. The van der Waals surface area contributed by atoms with E-state index in [0.29, 0.717) is 17.5 Å². The molecule has 0 amide bonds. The second-order valence-electron chi connectivity index (χ2n) is 4.55. The number of methoxy groups -OCH3 is 1. The molecule has 0 spiro atoms. The number of aromatic nitrogens is 1. The second-order valence-corrected chi connectivity index (χ2v) is 4.55. The Labute approximate surface area is 106 Å². The van der Waals surface area contributed by atoms with Crippen LogP contribution >= 0.6 is 0 Å².